The smallest absolute Gasteiger partial charge is 0.306 e. The van der Waals surface area contributed by atoms with Crippen LogP contribution in [-0.4, -0.2) is 23.1 Å². The molecule has 0 radical (unpaired) electrons. The minimum Gasteiger partial charge on any atom is -0.481 e. The molecule has 0 fully saturated rings. The van der Waals surface area contributed by atoms with Crippen LogP contribution in [0.5, 0.6) is 0 Å². The quantitative estimate of drug-likeness (QED) is 0.0466. The third kappa shape index (κ3) is 34.1. The van der Waals surface area contributed by atoms with Gasteiger partial charge in [-0.05, 0) is 63.9 Å². The van der Waals surface area contributed by atoms with E-state index in [0.717, 1.165) is 51.4 Å². The molecular formula is C40H68O4. The van der Waals surface area contributed by atoms with Crippen LogP contribution in [0.15, 0.2) is 60.8 Å². The van der Waals surface area contributed by atoms with Crippen LogP contribution in [0, 0.1) is 0 Å². The lowest BCUT2D eigenvalue weighted by Crippen LogP contribution is -2.16. The van der Waals surface area contributed by atoms with E-state index in [2.05, 4.69) is 68.5 Å². The van der Waals surface area contributed by atoms with Gasteiger partial charge in [-0.25, -0.2) is 0 Å². The maximum absolute atomic E-state index is 12.5. The van der Waals surface area contributed by atoms with Gasteiger partial charge in [0.1, 0.15) is 6.10 Å². The van der Waals surface area contributed by atoms with E-state index < -0.39 is 5.97 Å². The second-order valence-electron chi connectivity index (χ2n) is 12.0. The van der Waals surface area contributed by atoms with Crippen molar-refractivity contribution in [3.8, 4) is 0 Å². The number of esters is 1. The predicted octanol–water partition coefficient (Wildman–Crippen LogP) is 12.6. The lowest BCUT2D eigenvalue weighted by molar-refractivity contribution is -0.147. The van der Waals surface area contributed by atoms with Crippen LogP contribution in [0.25, 0.3) is 0 Å². The maximum atomic E-state index is 12.5. The molecule has 1 unspecified atom stereocenters. The topological polar surface area (TPSA) is 63.6 Å². The summed E-state index contributed by atoms with van der Waals surface area (Å²) < 4.78 is 5.77. The van der Waals surface area contributed by atoms with Crippen molar-refractivity contribution in [2.24, 2.45) is 0 Å². The van der Waals surface area contributed by atoms with Gasteiger partial charge in [-0.3, -0.25) is 9.59 Å². The standard InChI is InChI=1S/C40H68O4/c1-3-5-7-9-11-13-15-17-19-21-23-25-27-29-31-37-40(43)44-38(35-32-33-36-39(41)42)34-30-28-26-24-22-20-18-16-14-12-10-8-6-4-2/h6,8,12,14,18,20,24,26,30,34,38H,3-5,7,9-11,13,15-17,19,21-23,25,27-29,31-33,35-37H2,1-2H3,(H,41,42)/b8-6-,14-12-,20-18-,26-24-,34-30-. The number of rotatable bonds is 32. The highest BCUT2D eigenvalue weighted by molar-refractivity contribution is 5.69. The first kappa shape index (κ1) is 41.6. The summed E-state index contributed by atoms with van der Waals surface area (Å²) in [5.41, 5.74) is 0. The normalized spacial score (nSPS) is 13.0. The first-order valence-corrected chi connectivity index (χ1v) is 18.3. The average molecular weight is 613 g/mol. The fraction of sp³-hybridized carbons (Fsp3) is 0.700. The van der Waals surface area contributed by atoms with Crippen LogP contribution in [0.2, 0.25) is 0 Å². The summed E-state index contributed by atoms with van der Waals surface area (Å²) in [6, 6.07) is 0. The van der Waals surface area contributed by atoms with Crippen LogP contribution < -0.4 is 0 Å². The number of carboxylic acid groups (broad SMARTS) is 1. The van der Waals surface area contributed by atoms with E-state index in [1.54, 1.807) is 0 Å². The zero-order valence-corrected chi connectivity index (χ0v) is 28.7. The molecule has 0 rings (SSSR count). The zero-order chi connectivity index (χ0) is 32.2. The highest BCUT2D eigenvalue weighted by Gasteiger charge is 2.12. The number of carboxylic acids is 1. The Kier molecular flexibility index (Phi) is 33.2. The number of aliphatic carboxylic acids is 1. The minimum absolute atomic E-state index is 0.135. The first-order valence-electron chi connectivity index (χ1n) is 18.3. The van der Waals surface area contributed by atoms with Crippen molar-refractivity contribution in [3.05, 3.63) is 60.8 Å². The molecule has 0 spiro atoms. The van der Waals surface area contributed by atoms with E-state index >= 15 is 0 Å². The molecule has 0 aliphatic rings. The van der Waals surface area contributed by atoms with Gasteiger partial charge in [0.15, 0.2) is 0 Å². The fourth-order valence-electron chi connectivity index (χ4n) is 5.07. The molecule has 1 atom stereocenters. The molecule has 0 saturated carbocycles. The average Bonchev–Trinajstić information content (AvgIpc) is 3.01. The lowest BCUT2D eigenvalue weighted by Gasteiger charge is -2.14. The van der Waals surface area contributed by atoms with E-state index in [1.807, 2.05) is 6.08 Å². The van der Waals surface area contributed by atoms with Crippen LogP contribution in [0.3, 0.4) is 0 Å². The van der Waals surface area contributed by atoms with Crippen molar-refractivity contribution in [1.82, 2.24) is 0 Å². The largest absolute Gasteiger partial charge is 0.481 e. The molecule has 4 nitrogen and oxygen atoms in total. The van der Waals surface area contributed by atoms with Gasteiger partial charge in [-0.15, -0.1) is 0 Å². The molecule has 0 bridgehead atoms. The summed E-state index contributed by atoms with van der Waals surface area (Å²) in [5, 5.41) is 8.91. The Morgan fingerprint density at radius 1 is 0.523 bits per heavy atom. The van der Waals surface area contributed by atoms with Crippen LogP contribution in [-0.2, 0) is 14.3 Å². The Labute approximate surface area is 272 Å². The van der Waals surface area contributed by atoms with Crippen molar-refractivity contribution in [2.45, 2.75) is 180 Å². The molecule has 0 aliphatic carbocycles. The summed E-state index contributed by atoms with van der Waals surface area (Å²) in [6.07, 6.45) is 48.1. The van der Waals surface area contributed by atoms with Gasteiger partial charge < -0.3 is 9.84 Å². The zero-order valence-electron chi connectivity index (χ0n) is 28.7. The van der Waals surface area contributed by atoms with Crippen molar-refractivity contribution >= 4 is 11.9 Å². The van der Waals surface area contributed by atoms with E-state index in [0.29, 0.717) is 19.3 Å². The number of carbonyl (C=O) groups is 2. The highest BCUT2D eigenvalue weighted by Crippen LogP contribution is 2.15. The fourth-order valence-corrected chi connectivity index (χ4v) is 5.07. The Bertz CT molecular complexity index is 789. The van der Waals surface area contributed by atoms with Gasteiger partial charge in [0.25, 0.3) is 0 Å². The third-order valence-corrected chi connectivity index (χ3v) is 7.74. The molecular weight excluding hydrogens is 544 g/mol. The summed E-state index contributed by atoms with van der Waals surface area (Å²) in [5.74, 6) is -0.912. The van der Waals surface area contributed by atoms with Crippen molar-refractivity contribution in [2.75, 3.05) is 0 Å². The van der Waals surface area contributed by atoms with Crippen LogP contribution in [0.4, 0.5) is 0 Å². The number of hydrogen-bond donors (Lipinski definition) is 1. The van der Waals surface area contributed by atoms with Crippen molar-refractivity contribution in [3.63, 3.8) is 0 Å². The number of allylic oxidation sites excluding steroid dienone is 9. The van der Waals surface area contributed by atoms with E-state index in [4.69, 9.17) is 9.84 Å². The molecule has 4 heteroatoms. The molecule has 0 amide bonds. The monoisotopic (exact) mass is 613 g/mol. The van der Waals surface area contributed by atoms with E-state index in [9.17, 15) is 9.59 Å². The van der Waals surface area contributed by atoms with Gasteiger partial charge in [-0.2, -0.15) is 0 Å². The summed E-state index contributed by atoms with van der Waals surface area (Å²) in [6.45, 7) is 4.42. The second kappa shape index (κ2) is 35.1. The van der Waals surface area contributed by atoms with Crippen molar-refractivity contribution < 1.29 is 19.4 Å². The summed E-state index contributed by atoms with van der Waals surface area (Å²) in [4.78, 5) is 23.3. The van der Waals surface area contributed by atoms with E-state index in [1.165, 1.54) is 83.5 Å². The summed E-state index contributed by atoms with van der Waals surface area (Å²) in [7, 11) is 0. The highest BCUT2D eigenvalue weighted by atomic mass is 16.5. The number of carbonyl (C=O) groups excluding carboxylic acids is 1. The summed E-state index contributed by atoms with van der Waals surface area (Å²) >= 11 is 0. The third-order valence-electron chi connectivity index (χ3n) is 7.74. The second-order valence-corrected chi connectivity index (χ2v) is 12.0. The van der Waals surface area contributed by atoms with Gasteiger partial charge in [0.2, 0.25) is 0 Å². The Balaban J connectivity index is 4.09. The minimum atomic E-state index is -0.776. The van der Waals surface area contributed by atoms with Crippen LogP contribution in [0.1, 0.15) is 174 Å². The Hall–Kier alpha value is -2.36. The lowest BCUT2D eigenvalue weighted by atomic mass is 10.0. The molecule has 0 saturated heterocycles. The molecule has 0 heterocycles. The molecule has 0 aromatic rings. The number of hydrogen-bond acceptors (Lipinski definition) is 3. The molecule has 0 aliphatic heterocycles. The van der Waals surface area contributed by atoms with Crippen LogP contribution >= 0.6 is 0 Å². The van der Waals surface area contributed by atoms with Gasteiger partial charge in [0, 0.05) is 12.8 Å². The van der Waals surface area contributed by atoms with Gasteiger partial charge in [-0.1, -0.05) is 158 Å². The molecule has 0 aromatic heterocycles. The van der Waals surface area contributed by atoms with Gasteiger partial charge >= 0.3 is 11.9 Å². The van der Waals surface area contributed by atoms with Crippen molar-refractivity contribution in [1.29, 1.82) is 0 Å². The first-order chi connectivity index (χ1) is 21.6. The Morgan fingerprint density at radius 3 is 1.39 bits per heavy atom. The number of ether oxygens (including phenoxy) is 1. The maximum Gasteiger partial charge on any atom is 0.306 e. The molecule has 1 N–H and O–H groups in total. The Morgan fingerprint density at radius 2 is 0.932 bits per heavy atom. The molecule has 0 aromatic carbocycles. The van der Waals surface area contributed by atoms with E-state index in [-0.39, 0.29) is 18.5 Å². The predicted molar refractivity (Wildman–Crippen MR) is 190 cm³/mol. The molecule has 252 valence electrons. The molecule has 44 heavy (non-hydrogen) atoms. The van der Waals surface area contributed by atoms with Gasteiger partial charge in [0.05, 0.1) is 0 Å². The SMILES string of the molecule is CC/C=C\C/C=C\C/C=C\C/C=C\C/C=C\C(CCCCC(=O)O)OC(=O)CCCCCCCCCCCCCCCCC. The number of unbranched alkanes of at least 4 members (excludes halogenated alkanes) is 15.